The lowest BCUT2D eigenvalue weighted by Gasteiger charge is -2.33. The molecule has 98 valence electrons. The topological polar surface area (TPSA) is 37.4 Å². The Morgan fingerprint density at radius 3 is 2.00 bits per heavy atom. The third kappa shape index (κ3) is 3.08. The molecule has 2 unspecified atom stereocenters. The zero-order chi connectivity index (χ0) is 13.2. The molecule has 3 heteroatoms. The van der Waals surface area contributed by atoms with E-state index in [0.29, 0.717) is 5.92 Å². The van der Waals surface area contributed by atoms with Crippen LogP contribution >= 0.6 is 0 Å². The summed E-state index contributed by atoms with van der Waals surface area (Å²) < 4.78 is 0. The van der Waals surface area contributed by atoms with E-state index >= 15 is 0 Å². The smallest absolute Gasteiger partial charge is 0.226 e. The molecule has 17 heavy (non-hydrogen) atoms. The van der Waals surface area contributed by atoms with E-state index in [-0.39, 0.29) is 29.6 Å². The minimum atomic E-state index is -0.269. The average Bonchev–Trinajstić information content (AvgIpc) is 2.22. The van der Waals surface area contributed by atoms with Crippen molar-refractivity contribution in [2.75, 3.05) is 7.05 Å². The molecule has 1 saturated carbocycles. The van der Waals surface area contributed by atoms with E-state index in [1.54, 1.807) is 11.9 Å². The Morgan fingerprint density at radius 2 is 1.65 bits per heavy atom. The second-order valence-electron chi connectivity index (χ2n) is 5.69. The molecule has 0 spiro atoms. The second kappa shape index (κ2) is 5.65. The second-order valence-corrected chi connectivity index (χ2v) is 5.69. The molecule has 0 aliphatic heterocycles. The molecule has 0 heterocycles. The van der Waals surface area contributed by atoms with Crippen LogP contribution in [0.25, 0.3) is 0 Å². The highest BCUT2D eigenvalue weighted by Crippen LogP contribution is 2.29. The van der Waals surface area contributed by atoms with Crippen molar-refractivity contribution in [3.05, 3.63) is 0 Å². The van der Waals surface area contributed by atoms with Gasteiger partial charge in [0.15, 0.2) is 5.78 Å². The standard InChI is InChI=1S/C14H25NO2/c1-9(2)10(3)14(17)15(5)11(4)13(16)12-7-6-8-12/h9-12H,6-8H2,1-5H3. The third-order valence-electron chi connectivity index (χ3n) is 4.24. The van der Waals surface area contributed by atoms with E-state index < -0.39 is 0 Å². The molecule has 2 atom stereocenters. The summed E-state index contributed by atoms with van der Waals surface area (Å²) in [6, 6.07) is -0.269. The Balaban J connectivity index is 2.58. The lowest BCUT2D eigenvalue weighted by molar-refractivity contribution is -0.143. The molecule has 0 aromatic heterocycles. The predicted octanol–water partition coefficient (Wildman–Crippen LogP) is 2.49. The first kappa shape index (κ1) is 14.2. The van der Waals surface area contributed by atoms with Crippen molar-refractivity contribution in [3.8, 4) is 0 Å². The SMILES string of the molecule is CC(C)C(C)C(=O)N(C)C(C)C(=O)C1CCC1. The summed E-state index contributed by atoms with van der Waals surface area (Å²) in [4.78, 5) is 25.8. The fraction of sp³-hybridized carbons (Fsp3) is 0.857. The maximum absolute atomic E-state index is 12.1. The fourth-order valence-corrected chi connectivity index (χ4v) is 2.02. The highest BCUT2D eigenvalue weighted by atomic mass is 16.2. The van der Waals surface area contributed by atoms with Crippen LogP contribution in [0.5, 0.6) is 0 Å². The van der Waals surface area contributed by atoms with Crippen LogP contribution in [-0.4, -0.2) is 29.7 Å². The Hall–Kier alpha value is -0.860. The maximum atomic E-state index is 12.1. The number of hydrogen-bond donors (Lipinski definition) is 0. The largest absolute Gasteiger partial charge is 0.336 e. The van der Waals surface area contributed by atoms with E-state index in [4.69, 9.17) is 0 Å². The number of nitrogens with zero attached hydrogens (tertiary/aromatic N) is 1. The molecular weight excluding hydrogens is 214 g/mol. The van der Waals surface area contributed by atoms with Crippen LogP contribution in [0.3, 0.4) is 0 Å². The van der Waals surface area contributed by atoms with Crippen molar-refractivity contribution >= 4 is 11.7 Å². The van der Waals surface area contributed by atoms with Crippen LogP contribution in [0.15, 0.2) is 0 Å². The van der Waals surface area contributed by atoms with Crippen LogP contribution in [0.2, 0.25) is 0 Å². The number of carbonyl (C=O) groups excluding carboxylic acids is 2. The molecular formula is C14H25NO2. The molecule has 1 rings (SSSR count). The molecule has 0 saturated heterocycles. The number of Topliss-reactive ketones (excluding diaryl/α,β-unsaturated/α-hetero) is 1. The summed E-state index contributed by atoms with van der Waals surface area (Å²) >= 11 is 0. The Morgan fingerprint density at radius 1 is 1.12 bits per heavy atom. The van der Waals surface area contributed by atoms with Gasteiger partial charge in [0.2, 0.25) is 5.91 Å². The first-order chi connectivity index (χ1) is 7.86. The van der Waals surface area contributed by atoms with Crippen molar-refractivity contribution < 1.29 is 9.59 Å². The molecule has 0 bridgehead atoms. The maximum Gasteiger partial charge on any atom is 0.226 e. The van der Waals surface area contributed by atoms with Gasteiger partial charge in [-0.3, -0.25) is 9.59 Å². The van der Waals surface area contributed by atoms with Crippen molar-refractivity contribution in [2.24, 2.45) is 17.8 Å². The van der Waals surface area contributed by atoms with Gasteiger partial charge in [0.1, 0.15) is 0 Å². The van der Waals surface area contributed by atoms with Gasteiger partial charge in [0.05, 0.1) is 6.04 Å². The number of rotatable bonds is 5. The normalized spacial score (nSPS) is 19.6. The first-order valence-electron chi connectivity index (χ1n) is 6.66. The number of amides is 1. The Labute approximate surface area is 105 Å². The quantitative estimate of drug-likeness (QED) is 0.739. The van der Waals surface area contributed by atoms with Gasteiger partial charge in [0.25, 0.3) is 0 Å². The Kier molecular flexibility index (Phi) is 4.72. The summed E-state index contributed by atoms with van der Waals surface area (Å²) in [6.07, 6.45) is 3.17. The van der Waals surface area contributed by atoms with Gasteiger partial charge in [-0.1, -0.05) is 27.2 Å². The van der Waals surface area contributed by atoms with Crippen molar-refractivity contribution in [2.45, 2.75) is 53.0 Å². The molecule has 1 amide bonds. The molecule has 3 nitrogen and oxygen atoms in total. The summed E-state index contributed by atoms with van der Waals surface area (Å²) in [5.74, 6) is 0.824. The fourth-order valence-electron chi connectivity index (χ4n) is 2.02. The van der Waals surface area contributed by atoms with Gasteiger partial charge in [-0.05, 0) is 25.7 Å². The zero-order valence-corrected chi connectivity index (χ0v) is 11.7. The van der Waals surface area contributed by atoms with Gasteiger partial charge in [-0.25, -0.2) is 0 Å². The van der Waals surface area contributed by atoms with Crippen molar-refractivity contribution in [1.29, 1.82) is 0 Å². The highest BCUT2D eigenvalue weighted by molar-refractivity contribution is 5.91. The lowest BCUT2D eigenvalue weighted by atomic mass is 9.79. The molecule has 0 N–H and O–H groups in total. The van der Waals surface area contributed by atoms with Gasteiger partial charge in [-0.15, -0.1) is 0 Å². The minimum Gasteiger partial charge on any atom is -0.336 e. The van der Waals surface area contributed by atoms with Crippen LogP contribution in [0.1, 0.15) is 47.0 Å². The summed E-state index contributed by atoms with van der Waals surface area (Å²) in [5.41, 5.74) is 0. The van der Waals surface area contributed by atoms with E-state index in [1.165, 1.54) is 0 Å². The van der Waals surface area contributed by atoms with E-state index in [1.807, 2.05) is 27.7 Å². The number of likely N-dealkylation sites (N-methyl/N-ethyl adjacent to an activating group) is 1. The predicted molar refractivity (Wildman–Crippen MR) is 68.6 cm³/mol. The molecule has 1 aliphatic carbocycles. The first-order valence-corrected chi connectivity index (χ1v) is 6.66. The van der Waals surface area contributed by atoms with Crippen LogP contribution in [-0.2, 0) is 9.59 Å². The van der Waals surface area contributed by atoms with Gasteiger partial charge >= 0.3 is 0 Å². The van der Waals surface area contributed by atoms with Crippen LogP contribution in [0.4, 0.5) is 0 Å². The zero-order valence-electron chi connectivity index (χ0n) is 11.7. The highest BCUT2D eigenvalue weighted by Gasteiger charge is 2.33. The lowest BCUT2D eigenvalue weighted by Crippen LogP contribution is -2.46. The third-order valence-corrected chi connectivity index (χ3v) is 4.24. The molecule has 1 fully saturated rings. The van der Waals surface area contributed by atoms with Crippen LogP contribution < -0.4 is 0 Å². The van der Waals surface area contributed by atoms with E-state index in [0.717, 1.165) is 19.3 Å². The molecule has 0 aromatic rings. The Bertz CT molecular complexity index is 295. The monoisotopic (exact) mass is 239 g/mol. The van der Waals surface area contributed by atoms with Gasteiger partial charge < -0.3 is 4.90 Å². The average molecular weight is 239 g/mol. The number of ketones is 1. The number of hydrogen-bond acceptors (Lipinski definition) is 2. The molecule has 1 aliphatic rings. The minimum absolute atomic E-state index is 0.0170. The van der Waals surface area contributed by atoms with E-state index in [9.17, 15) is 9.59 Å². The number of carbonyl (C=O) groups is 2. The van der Waals surface area contributed by atoms with E-state index in [2.05, 4.69) is 0 Å². The van der Waals surface area contributed by atoms with Crippen molar-refractivity contribution in [1.82, 2.24) is 4.90 Å². The van der Waals surface area contributed by atoms with Gasteiger partial charge in [-0.2, -0.15) is 0 Å². The van der Waals surface area contributed by atoms with Gasteiger partial charge in [0, 0.05) is 18.9 Å². The summed E-state index contributed by atoms with van der Waals surface area (Å²) in [7, 11) is 1.75. The molecule has 0 radical (unpaired) electrons. The summed E-state index contributed by atoms with van der Waals surface area (Å²) in [5, 5.41) is 0. The molecule has 0 aromatic carbocycles. The van der Waals surface area contributed by atoms with Crippen molar-refractivity contribution in [3.63, 3.8) is 0 Å². The summed E-state index contributed by atoms with van der Waals surface area (Å²) in [6.45, 7) is 7.86. The van der Waals surface area contributed by atoms with Crippen LogP contribution in [0, 0.1) is 17.8 Å².